The predicted molar refractivity (Wildman–Crippen MR) is 105 cm³/mol. The first kappa shape index (κ1) is 17.8. The number of hydrogen-bond acceptors (Lipinski definition) is 4. The lowest BCUT2D eigenvalue weighted by Gasteiger charge is -2.22. The summed E-state index contributed by atoms with van der Waals surface area (Å²) in [4.78, 5) is 20.2. The van der Waals surface area contributed by atoms with Gasteiger partial charge in [0.2, 0.25) is 0 Å². The van der Waals surface area contributed by atoms with Crippen molar-refractivity contribution in [2.24, 2.45) is 5.92 Å². The standard InChI is InChI=1S/C21H26N4O2/c1-4-9-24(13-15-7-8-15)21(26)16-11-18(19-6-5-10-27-19)23-20-17(16)12-22-25(20)14(2)3/h5-6,10-12,14-15H,4,7-9,13H2,1-3H3. The molecular formula is C21H26N4O2. The van der Waals surface area contributed by atoms with Gasteiger partial charge in [-0.1, -0.05) is 6.92 Å². The molecule has 3 aromatic heterocycles. The number of pyridine rings is 1. The van der Waals surface area contributed by atoms with E-state index in [2.05, 4.69) is 25.9 Å². The molecule has 6 nitrogen and oxygen atoms in total. The topological polar surface area (TPSA) is 64.2 Å². The molecule has 4 rings (SSSR count). The van der Waals surface area contributed by atoms with Crippen molar-refractivity contribution in [3.05, 3.63) is 36.2 Å². The second-order valence-corrected chi connectivity index (χ2v) is 7.65. The molecule has 142 valence electrons. The fourth-order valence-electron chi connectivity index (χ4n) is 3.45. The van der Waals surface area contributed by atoms with Crippen LogP contribution in [-0.2, 0) is 0 Å². The van der Waals surface area contributed by atoms with E-state index in [1.807, 2.05) is 27.8 Å². The van der Waals surface area contributed by atoms with Gasteiger partial charge in [0.15, 0.2) is 11.4 Å². The van der Waals surface area contributed by atoms with E-state index in [4.69, 9.17) is 9.40 Å². The fourth-order valence-corrected chi connectivity index (χ4v) is 3.45. The molecule has 0 N–H and O–H groups in total. The van der Waals surface area contributed by atoms with Gasteiger partial charge in [-0.2, -0.15) is 5.10 Å². The van der Waals surface area contributed by atoms with Gasteiger partial charge >= 0.3 is 0 Å². The highest BCUT2D eigenvalue weighted by molar-refractivity contribution is 6.06. The summed E-state index contributed by atoms with van der Waals surface area (Å²) < 4.78 is 7.41. The first-order valence-electron chi connectivity index (χ1n) is 9.80. The van der Waals surface area contributed by atoms with Crippen LogP contribution in [0.2, 0.25) is 0 Å². The Balaban J connectivity index is 1.83. The lowest BCUT2D eigenvalue weighted by molar-refractivity contribution is 0.0749. The van der Waals surface area contributed by atoms with Crippen molar-refractivity contribution in [1.29, 1.82) is 0 Å². The van der Waals surface area contributed by atoms with Crippen molar-refractivity contribution in [1.82, 2.24) is 19.7 Å². The van der Waals surface area contributed by atoms with Crippen LogP contribution < -0.4 is 0 Å². The highest BCUT2D eigenvalue weighted by Gasteiger charge is 2.28. The lowest BCUT2D eigenvalue weighted by Crippen LogP contribution is -2.33. The van der Waals surface area contributed by atoms with E-state index in [1.165, 1.54) is 12.8 Å². The summed E-state index contributed by atoms with van der Waals surface area (Å²) in [6.45, 7) is 7.84. The molecule has 0 bridgehead atoms. The van der Waals surface area contributed by atoms with Crippen molar-refractivity contribution in [2.75, 3.05) is 13.1 Å². The van der Waals surface area contributed by atoms with E-state index >= 15 is 0 Å². The van der Waals surface area contributed by atoms with Crippen LogP contribution in [0.1, 0.15) is 56.4 Å². The molecule has 0 radical (unpaired) electrons. The van der Waals surface area contributed by atoms with Crippen LogP contribution in [0.15, 0.2) is 35.1 Å². The van der Waals surface area contributed by atoms with Crippen LogP contribution in [0.5, 0.6) is 0 Å². The van der Waals surface area contributed by atoms with E-state index in [0.29, 0.717) is 22.9 Å². The summed E-state index contributed by atoms with van der Waals surface area (Å²) in [5.74, 6) is 1.37. The maximum Gasteiger partial charge on any atom is 0.254 e. The molecule has 3 heterocycles. The third-order valence-corrected chi connectivity index (χ3v) is 5.02. The van der Waals surface area contributed by atoms with E-state index in [0.717, 1.165) is 30.5 Å². The zero-order chi connectivity index (χ0) is 19.0. The predicted octanol–water partition coefficient (Wildman–Crippen LogP) is 4.53. The Hall–Kier alpha value is -2.63. The molecule has 0 spiro atoms. The number of hydrogen-bond donors (Lipinski definition) is 0. The van der Waals surface area contributed by atoms with Gasteiger partial charge in [-0.25, -0.2) is 9.67 Å². The molecule has 0 atom stereocenters. The summed E-state index contributed by atoms with van der Waals surface area (Å²) in [6.07, 6.45) is 6.79. The number of furan rings is 1. The molecule has 0 aliphatic heterocycles. The Labute approximate surface area is 159 Å². The molecular weight excluding hydrogens is 340 g/mol. The van der Waals surface area contributed by atoms with Gasteiger partial charge in [-0.05, 0) is 57.2 Å². The minimum absolute atomic E-state index is 0.0623. The molecule has 0 unspecified atom stereocenters. The normalized spacial score (nSPS) is 14.2. The Bertz CT molecular complexity index is 939. The van der Waals surface area contributed by atoms with Crippen molar-refractivity contribution in [3.8, 4) is 11.5 Å². The lowest BCUT2D eigenvalue weighted by atomic mass is 10.1. The van der Waals surface area contributed by atoms with Gasteiger partial charge in [-0.3, -0.25) is 4.79 Å². The molecule has 1 fully saturated rings. The van der Waals surface area contributed by atoms with Crippen LogP contribution in [0, 0.1) is 5.92 Å². The van der Waals surface area contributed by atoms with Crippen molar-refractivity contribution < 1.29 is 9.21 Å². The third-order valence-electron chi connectivity index (χ3n) is 5.02. The van der Waals surface area contributed by atoms with Crippen LogP contribution in [0.3, 0.4) is 0 Å². The van der Waals surface area contributed by atoms with Gasteiger partial charge < -0.3 is 9.32 Å². The Kier molecular flexibility index (Phi) is 4.72. The summed E-state index contributed by atoms with van der Waals surface area (Å²) >= 11 is 0. The monoisotopic (exact) mass is 366 g/mol. The molecule has 1 saturated carbocycles. The van der Waals surface area contributed by atoms with Crippen LogP contribution in [0.25, 0.3) is 22.5 Å². The number of nitrogens with zero attached hydrogens (tertiary/aromatic N) is 4. The number of amides is 1. The SMILES string of the molecule is CCCN(CC1CC1)C(=O)c1cc(-c2ccco2)nc2c1cnn2C(C)C. The van der Waals surface area contributed by atoms with Crippen LogP contribution in [-0.4, -0.2) is 38.7 Å². The van der Waals surface area contributed by atoms with Crippen molar-refractivity contribution >= 4 is 16.9 Å². The molecule has 3 aromatic rings. The average molecular weight is 366 g/mol. The summed E-state index contributed by atoms with van der Waals surface area (Å²) in [5.41, 5.74) is 2.05. The summed E-state index contributed by atoms with van der Waals surface area (Å²) in [5, 5.41) is 5.30. The molecule has 0 aromatic carbocycles. The summed E-state index contributed by atoms with van der Waals surface area (Å²) in [6, 6.07) is 5.71. The Morgan fingerprint density at radius 2 is 2.22 bits per heavy atom. The fraction of sp³-hybridized carbons (Fsp3) is 0.476. The van der Waals surface area contributed by atoms with Crippen molar-refractivity contribution in [2.45, 2.75) is 46.1 Å². The second kappa shape index (κ2) is 7.18. The molecule has 27 heavy (non-hydrogen) atoms. The van der Waals surface area contributed by atoms with E-state index < -0.39 is 0 Å². The average Bonchev–Trinajstić information content (AvgIpc) is 3.13. The Morgan fingerprint density at radius 3 is 2.85 bits per heavy atom. The summed E-state index contributed by atoms with van der Waals surface area (Å²) in [7, 11) is 0. The van der Waals surface area contributed by atoms with Gasteiger partial charge in [0.05, 0.1) is 23.4 Å². The smallest absolute Gasteiger partial charge is 0.254 e. The number of aromatic nitrogens is 3. The quantitative estimate of drug-likeness (QED) is 0.616. The number of fused-ring (bicyclic) bond motifs is 1. The largest absolute Gasteiger partial charge is 0.463 e. The second-order valence-electron chi connectivity index (χ2n) is 7.65. The number of carbonyl (C=O) groups excluding carboxylic acids is 1. The van der Waals surface area contributed by atoms with Crippen LogP contribution >= 0.6 is 0 Å². The van der Waals surface area contributed by atoms with Gasteiger partial charge in [-0.15, -0.1) is 0 Å². The first-order valence-corrected chi connectivity index (χ1v) is 9.80. The third kappa shape index (κ3) is 3.48. The van der Waals surface area contributed by atoms with Crippen LogP contribution in [0.4, 0.5) is 0 Å². The number of rotatable bonds is 7. The highest BCUT2D eigenvalue weighted by Crippen LogP contribution is 2.32. The van der Waals surface area contributed by atoms with Gasteiger partial charge in [0.25, 0.3) is 5.91 Å². The first-order chi connectivity index (χ1) is 13.1. The number of carbonyl (C=O) groups is 1. The maximum atomic E-state index is 13.4. The van der Waals surface area contributed by atoms with E-state index in [-0.39, 0.29) is 11.9 Å². The van der Waals surface area contributed by atoms with E-state index in [9.17, 15) is 4.79 Å². The molecule has 6 heteroatoms. The highest BCUT2D eigenvalue weighted by atomic mass is 16.3. The van der Waals surface area contributed by atoms with Gasteiger partial charge in [0, 0.05) is 19.1 Å². The molecule has 1 amide bonds. The minimum Gasteiger partial charge on any atom is -0.463 e. The molecule has 1 aliphatic carbocycles. The molecule has 1 aliphatic rings. The van der Waals surface area contributed by atoms with Crippen molar-refractivity contribution in [3.63, 3.8) is 0 Å². The van der Waals surface area contributed by atoms with E-state index in [1.54, 1.807) is 12.5 Å². The van der Waals surface area contributed by atoms with Gasteiger partial charge in [0.1, 0.15) is 5.69 Å². The zero-order valence-electron chi connectivity index (χ0n) is 16.2. The maximum absolute atomic E-state index is 13.4. The minimum atomic E-state index is 0.0623. The Morgan fingerprint density at radius 1 is 1.41 bits per heavy atom. The zero-order valence-corrected chi connectivity index (χ0v) is 16.2. The molecule has 0 saturated heterocycles.